The van der Waals surface area contributed by atoms with Gasteiger partial charge in [0.05, 0.1) is 21.4 Å². The first-order valence-electron chi connectivity index (χ1n) is 5.67. The van der Waals surface area contributed by atoms with Gasteiger partial charge in [-0.25, -0.2) is 13.4 Å². The lowest BCUT2D eigenvalue weighted by Crippen LogP contribution is -2.10. The lowest BCUT2D eigenvalue weighted by atomic mass is 10.2. The maximum atomic E-state index is 12.3. The zero-order valence-corrected chi connectivity index (χ0v) is 12.1. The molecule has 1 aromatic carbocycles. The standard InChI is InChI=1S/C12H10ClN3O4S/c13-10-6-9(16(17)18)4-3-8(10)7-21(19,20)12-11(14)2-1-5-15-12/h1-6H,7,14H2. The van der Waals surface area contributed by atoms with Gasteiger partial charge in [-0.2, -0.15) is 0 Å². The lowest BCUT2D eigenvalue weighted by Gasteiger charge is -2.07. The molecule has 21 heavy (non-hydrogen) atoms. The molecule has 7 nitrogen and oxygen atoms in total. The fraction of sp³-hybridized carbons (Fsp3) is 0.0833. The van der Waals surface area contributed by atoms with Crippen LogP contribution in [0.5, 0.6) is 0 Å². The number of nitro benzene ring substituents is 1. The summed E-state index contributed by atoms with van der Waals surface area (Å²) in [5.74, 6) is -0.439. The summed E-state index contributed by atoms with van der Waals surface area (Å²) in [5.41, 5.74) is 5.67. The Hall–Kier alpha value is -2.19. The van der Waals surface area contributed by atoms with Crippen LogP contribution in [-0.4, -0.2) is 18.3 Å². The minimum absolute atomic E-state index is 0.00211. The van der Waals surface area contributed by atoms with Crippen molar-refractivity contribution in [2.45, 2.75) is 10.8 Å². The van der Waals surface area contributed by atoms with Gasteiger partial charge in [-0.15, -0.1) is 0 Å². The summed E-state index contributed by atoms with van der Waals surface area (Å²) in [6.07, 6.45) is 1.32. The number of nitrogen functional groups attached to an aromatic ring is 1. The molecule has 1 heterocycles. The SMILES string of the molecule is Nc1cccnc1S(=O)(=O)Cc1ccc([N+](=O)[O-])cc1Cl. The Morgan fingerprint density at radius 1 is 1.33 bits per heavy atom. The number of pyridine rings is 1. The number of hydrogen-bond donors (Lipinski definition) is 1. The highest BCUT2D eigenvalue weighted by Crippen LogP contribution is 2.27. The number of sulfone groups is 1. The smallest absolute Gasteiger partial charge is 0.270 e. The number of benzene rings is 1. The van der Waals surface area contributed by atoms with Gasteiger partial charge < -0.3 is 5.73 Å². The molecule has 0 saturated carbocycles. The largest absolute Gasteiger partial charge is 0.396 e. The van der Waals surface area contributed by atoms with Crippen LogP contribution in [0.4, 0.5) is 11.4 Å². The van der Waals surface area contributed by atoms with E-state index in [1.165, 1.54) is 30.5 Å². The van der Waals surface area contributed by atoms with E-state index >= 15 is 0 Å². The number of nitrogens with zero attached hydrogens (tertiary/aromatic N) is 2. The highest BCUT2D eigenvalue weighted by molar-refractivity contribution is 7.90. The maximum Gasteiger partial charge on any atom is 0.270 e. The summed E-state index contributed by atoms with van der Waals surface area (Å²) >= 11 is 5.89. The third kappa shape index (κ3) is 3.29. The zero-order chi connectivity index (χ0) is 15.6. The van der Waals surface area contributed by atoms with Crippen molar-refractivity contribution in [2.75, 3.05) is 5.73 Å². The highest BCUT2D eigenvalue weighted by atomic mass is 35.5. The van der Waals surface area contributed by atoms with Gasteiger partial charge in [0.2, 0.25) is 9.84 Å². The summed E-state index contributed by atoms with van der Waals surface area (Å²) in [4.78, 5) is 13.8. The molecule has 0 spiro atoms. The molecule has 2 aromatic rings. The Morgan fingerprint density at radius 3 is 2.62 bits per heavy atom. The summed E-state index contributed by atoms with van der Waals surface area (Å²) < 4.78 is 24.5. The minimum atomic E-state index is -3.79. The molecule has 9 heteroatoms. The normalized spacial score (nSPS) is 11.3. The summed E-state index contributed by atoms with van der Waals surface area (Å²) in [6.45, 7) is 0. The molecule has 0 unspecified atom stereocenters. The van der Waals surface area contributed by atoms with E-state index in [2.05, 4.69) is 4.98 Å². The fourth-order valence-corrected chi connectivity index (χ4v) is 3.47. The molecule has 0 bridgehead atoms. The third-order valence-electron chi connectivity index (χ3n) is 2.69. The second-order valence-electron chi connectivity index (χ2n) is 4.19. The molecule has 2 rings (SSSR count). The van der Waals surface area contributed by atoms with E-state index < -0.39 is 20.5 Å². The van der Waals surface area contributed by atoms with Crippen molar-refractivity contribution in [3.63, 3.8) is 0 Å². The Balaban J connectivity index is 2.38. The van der Waals surface area contributed by atoms with E-state index in [0.717, 1.165) is 6.07 Å². The van der Waals surface area contributed by atoms with E-state index in [-0.39, 0.29) is 27.0 Å². The first-order chi connectivity index (χ1) is 9.81. The molecular weight excluding hydrogens is 318 g/mol. The first-order valence-corrected chi connectivity index (χ1v) is 7.70. The Labute approximate surface area is 125 Å². The number of nitro groups is 1. The number of aromatic nitrogens is 1. The average Bonchev–Trinajstić information content (AvgIpc) is 2.41. The second kappa shape index (κ2) is 5.66. The van der Waals surface area contributed by atoms with E-state index in [4.69, 9.17) is 17.3 Å². The number of hydrogen-bond acceptors (Lipinski definition) is 6. The van der Waals surface area contributed by atoms with Crippen molar-refractivity contribution in [3.05, 3.63) is 57.2 Å². The van der Waals surface area contributed by atoms with Gasteiger partial charge in [-0.3, -0.25) is 10.1 Å². The van der Waals surface area contributed by atoms with Crippen LogP contribution in [-0.2, 0) is 15.6 Å². The third-order valence-corrected chi connectivity index (χ3v) is 4.66. The first kappa shape index (κ1) is 15.2. The monoisotopic (exact) mass is 327 g/mol. The summed E-state index contributed by atoms with van der Waals surface area (Å²) in [6, 6.07) is 6.55. The van der Waals surface area contributed by atoms with Crippen molar-refractivity contribution < 1.29 is 13.3 Å². The molecule has 2 N–H and O–H groups in total. The zero-order valence-electron chi connectivity index (χ0n) is 10.6. The molecule has 110 valence electrons. The number of nitrogens with two attached hydrogens (primary N) is 1. The van der Waals surface area contributed by atoms with Crippen LogP contribution in [0.3, 0.4) is 0 Å². The van der Waals surface area contributed by atoms with Gasteiger partial charge in [-0.1, -0.05) is 11.6 Å². The molecule has 0 aliphatic rings. The van der Waals surface area contributed by atoms with Crippen molar-refractivity contribution in [3.8, 4) is 0 Å². The van der Waals surface area contributed by atoms with Crippen LogP contribution >= 0.6 is 11.6 Å². The van der Waals surface area contributed by atoms with E-state index in [1.54, 1.807) is 0 Å². The minimum Gasteiger partial charge on any atom is -0.396 e. The van der Waals surface area contributed by atoms with Crippen LogP contribution in [0.25, 0.3) is 0 Å². The van der Waals surface area contributed by atoms with Gasteiger partial charge in [0.1, 0.15) is 0 Å². The van der Waals surface area contributed by atoms with Crippen molar-refractivity contribution in [1.82, 2.24) is 4.98 Å². The predicted molar refractivity (Wildman–Crippen MR) is 77.6 cm³/mol. The van der Waals surface area contributed by atoms with Gasteiger partial charge >= 0.3 is 0 Å². The number of halogens is 1. The number of rotatable bonds is 4. The molecule has 0 aliphatic carbocycles. The second-order valence-corrected chi connectivity index (χ2v) is 6.50. The maximum absolute atomic E-state index is 12.3. The highest BCUT2D eigenvalue weighted by Gasteiger charge is 2.22. The molecule has 0 radical (unpaired) electrons. The van der Waals surface area contributed by atoms with E-state index in [9.17, 15) is 18.5 Å². The van der Waals surface area contributed by atoms with Crippen molar-refractivity contribution >= 4 is 32.8 Å². The number of anilines is 1. The Bertz CT molecular complexity index is 808. The van der Waals surface area contributed by atoms with Crippen LogP contribution in [0, 0.1) is 10.1 Å². The lowest BCUT2D eigenvalue weighted by molar-refractivity contribution is -0.384. The Morgan fingerprint density at radius 2 is 2.05 bits per heavy atom. The van der Waals surface area contributed by atoms with Gasteiger partial charge in [-0.05, 0) is 23.8 Å². The van der Waals surface area contributed by atoms with E-state index in [1.807, 2.05) is 0 Å². The average molecular weight is 328 g/mol. The summed E-state index contributed by atoms with van der Waals surface area (Å²) in [5, 5.41) is 10.4. The molecule has 0 atom stereocenters. The van der Waals surface area contributed by atoms with Gasteiger partial charge in [0.25, 0.3) is 5.69 Å². The Kier molecular flexibility index (Phi) is 4.10. The molecule has 0 fully saturated rings. The van der Waals surface area contributed by atoms with E-state index in [0.29, 0.717) is 0 Å². The molecule has 0 saturated heterocycles. The van der Waals surface area contributed by atoms with Crippen molar-refractivity contribution in [2.24, 2.45) is 0 Å². The van der Waals surface area contributed by atoms with Crippen LogP contribution in [0.1, 0.15) is 5.56 Å². The van der Waals surface area contributed by atoms with Crippen LogP contribution < -0.4 is 5.73 Å². The topological polar surface area (TPSA) is 116 Å². The predicted octanol–water partition coefficient (Wildman–Crippen LogP) is 2.20. The van der Waals surface area contributed by atoms with Crippen LogP contribution in [0.15, 0.2) is 41.6 Å². The molecular formula is C12H10ClN3O4S. The number of non-ortho nitro benzene ring substituents is 1. The fourth-order valence-electron chi connectivity index (χ4n) is 1.70. The molecule has 0 aliphatic heterocycles. The van der Waals surface area contributed by atoms with Gasteiger partial charge in [0, 0.05) is 18.3 Å². The van der Waals surface area contributed by atoms with Crippen LogP contribution in [0.2, 0.25) is 5.02 Å². The van der Waals surface area contributed by atoms with Gasteiger partial charge in [0.15, 0.2) is 5.03 Å². The molecule has 0 amide bonds. The molecule has 1 aromatic heterocycles. The summed E-state index contributed by atoms with van der Waals surface area (Å²) in [7, 11) is -3.79. The van der Waals surface area contributed by atoms with Crippen molar-refractivity contribution in [1.29, 1.82) is 0 Å². The quantitative estimate of drug-likeness (QED) is 0.679.